The van der Waals surface area contributed by atoms with E-state index in [0.717, 1.165) is 0 Å². The van der Waals surface area contributed by atoms with Crippen molar-refractivity contribution in [1.29, 1.82) is 0 Å². The molecular formula is C19H17N5O3. The summed E-state index contributed by atoms with van der Waals surface area (Å²) in [6.07, 6.45) is 0. The van der Waals surface area contributed by atoms with Crippen LogP contribution in [0.25, 0.3) is 5.69 Å². The fraction of sp³-hybridized carbons (Fsp3) is 0.105. The van der Waals surface area contributed by atoms with E-state index >= 15 is 0 Å². The molecule has 1 amide bonds. The smallest absolute Gasteiger partial charge is 0.280 e. The number of hydrogen-bond acceptors (Lipinski definition) is 5. The normalized spacial score (nSPS) is 11.3. The summed E-state index contributed by atoms with van der Waals surface area (Å²) in [6.45, 7) is 3.37. The minimum Gasteiger partial charge on any atom is -0.295 e. The molecule has 136 valence electrons. The van der Waals surface area contributed by atoms with Gasteiger partial charge in [0.05, 0.1) is 22.5 Å². The van der Waals surface area contributed by atoms with Gasteiger partial charge in [0.15, 0.2) is 0 Å². The van der Waals surface area contributed by atoms with Crippen LogP contribution in [0.4, 0.5) is 5.69 Å². The van der Waals surface area contributed by atoms with Gasteiger partial charge in [0.2, 0.25) is 0 Å². The molecule has 3 rings (SSSR count). The Morgan fingerprint density at radius 3 is 2.44 bits per heavy atom. The van der Waals surface area contributed by atoms with Gasteiger partial charge in [0, 0.05) is 5.69 Å². The fourth-order valence-electron chi connectivity index (χ4n) is 2.73. The van der Waals surface area contributed by atoms with Crippen molar-refractivity contribution in [2.45, 2.75) is 13.8 Å². The number of hydrazone groups is 1. The summed E-state index contributed by atoms with van der Waals surface area (Å²) in [7, 11) is 0. The van der Waals surface area contributed by atoms with E-state index in [9.17, 15) is 14.5 Å². The van der Waals surface area contributed by atoms with Gasteiger partial charge in [-0.05, 0) is 43.3 Å². The zero-order valence-corrected chi connectivity index (χ0v) is 14.8. The Labute approximate surface area is 154 Å². The van der Waals surface area contributed by atoms with Crippen molar-refractivity contribution in [2.75, 3.05) is 0 Å². The summed E-state index contributed by atoms with van der Waals surface area (Å²) >= 11 is 0. The summed E-state index contributed by atoms with van der Waals surface area (Å²) in [6, 6.07) is 15.3. The molecule has 0 radical (unpaired) electrons. The number of carbonyl (C=O) groups excluding carboxylic acids is 1. The van der Waals surface area contributed by atoms with E-state index in [1.807, 2.05) is 18.2 Å². The van der Waals surface area contributed by atoms with Crippen LogP contribution in [-0.4, -0.2) is 21.4 Å². The van der Waals surface area contributed by atoms with E-state index < -0.39 is 5.91 Å². The van der Waals surface area contributed by atoms with Crippen molar-refractivity contribution in [1.82, 2.24) is 15.2 Å². The topological polar surface area (TPSA) is 109 Å². The summed E-state index contributed by atoms with van der Waals surface area (Å²) < 4.78 is 1.41. The van der Waals surface area contributed by atoms with Gasteiger partial charge in [-0.3, -0.25) is 14.7 Å². The van der Waals surface area contributed by atoms with Crippen molar-refractivity contribution in [3.63, 3.8) is 0 Å². The highest BCUT2D eigenvalue weighted by Crippen LogP contribution is 2.17. The van der Waals surface area contributed by atoms with E-state index in [0.29, 0.717) is 22.7 Å². The van der Waals surface area contributed by atoms with Gasteiger partial charge < -0.3 is 0 Å². The van der Waals surface area contributed by atoms with Crippen LogP contribution >= 0.6 is 0 Å². The quantitative estimate of drug-likeness (QED) is 0.413. The summed E-state index contributed by atoms with van der Waals surface area (Å²) in [5, 5.41) is 9.84. The Morgan fingerprint density at radius 2 is 1.74 bits per heavy atom. The lowest BCUT2D eigenvalue weighted by molar-refractivity contribution is 0.0955. The second-order valence-electron chi connectivity index (χ2n) is 5.83. The average molecular weight is 363 g/mol. The number of rotatable bonds is 5. The summed E-state index contributed by atoms with van der Waals surface area (Å²) in [5.74, 6) is -0.582. The molecule has 8 nitrogen and oxygen atoms in total. The zero-order chi connectivity index (χ0) is 19.4. The molecular weight excluding hydrogens is 346 g/mol. The maximum Gasteiger partial charge on any atom is 0.280 e. The number of nitrogens with one attached hydrogen (secondary N) is 2. The van der Waals surface area contributed by atoms with Gasteiger partial charge in [-0.2, -0.15) is 5.10 Å². The number of aromatic nitrogens is 2. The van der Waals surface area contributed by atoms with Gasteiger partial charge in [0.25, 0.3) is 11.5 Å². The maximum atomic E-state index is 12.7. The number of aromatic amines is 1. The standard InChI is InChI=1S/C19H17N5O3/c1-12(20-21-18(25)15-10-6-7-11-16(15)23-27)17-13(2)22-24(19(17)26)14-8-4-3-5-9-14/h3-11,22H,1-2H3,(H,21,25). The second kappa shape index (κ2) is 7.61. The van der Waals surface area contributed by atoms with Crippen molar-refractivity contribution >= 4 is 17.3 Å². The first kappa shape index (κ1) is 18.0. The molecule has 3 aromatic rings. The number of nitrogens with zero attached hydrogens (tertiary/aromatic N) is 3. The SMILES string of the molecule is CC(=NNC(=O)c1ccccc1N=O)c1c(C)[nH]n(-c2ccccc2)c1=O. The maximum absolute atomic E-state index is 12.7. The monoisotopic (exact) mass is 363 g/mol. The first-order valence-corrected chi connectivity index (χ1v) is 8.17. The first-order valence-electron chi connectivity index (χ1n) is 8.17. The number of para-hydroxylation sites is 1. The van der Waals surface area contributed by atoms with E-state index in [2.05, 4.69) is 20.8 Å². The Kier molecular flexibility index (Phi) is 5.07. The first-order chi connectivity index (χ1) is 13.0. The van der Waals surface area contributed by atoms with Crippen LogP contribution in [0.2, 0.25) is 0 Å². The predicted molar refractivity (Wildman–Crippen MR) is 103 cm³/mol. The highest BCUT2D eigenvalue weighted by atomic mass is 16.3. The number of amides is 1. The number of benzene rings is 2. The highest BCUT2D eigenvalue weighted by molar-refractivity contribution is 6.02. The third-order valence-corrected chi connectivity index (χ3v) is 4.02. The number of aryl methyl sites for hydroxylation is 1. The molecule has 0 unspecified atom stereocenters. The van der Waals surface area contributed by atoms with Crippen LogP contribution in [-0.2, 0) is 0 Å². The molecule has 1 aromatic heterocycles. The van der Waals surface area contributed by atoms with E-state index in [4.69, 9.17) is 0 Å². The van der Waals surface area contributed by atoms with Crippen molar-refractivity contribution in [3.05, 3.63) is 86.7 Å². The summed E-state index contributed by atoms with van der Waals surface area (Å²) in [4.78, 5) is 35.8. The predicted octanol–water partition coefficient (Wildman–Crippen LogP) is 3.03. The molecule has 2 N–H and O–H groups in total. The zero-order valence-electron chi connectivity index (χ0n) is 14.8. The number of carbonyl (C=O) groups is 1. The van der Waals surface area contributed by atoms with Crippen LogP contribution < -0.4 is 11.0 Å². The molecule has 0 atom stereocenters. The lowest BCUT2D eigenvalue weighted by Gasteiger charge is -2.03. The molecule has 0 aliphatic rings. The van der Waals surface area contributed by atoms with Crippen LogP contribution in [0.15, 0.2) is 69.7 Å². The lowest BCUT2D eigenvalue weighted by atomic mass is 10.1. The van der Waals surface area contributed by atoms with Crippen molar-refractivity contribution in [2.24, 2.45) is 10.3 Å². The third-order valence-electron chi connectivity index (χ3n) is 4.02. The Hall–Kier alpha value is -3.81. The molecule has 0 saturated carbocycles. The second-order valence-corrected chi connectivity index (χ2v) is 5.83. The van der Waals surface area contributed by atoms with Crippen LogP contribution in [0.5, 0.6) is 0 Å². The fourth-order valence-corrected chi connectivity index (χ4v) is 2.73. The molecule has 0 fully saturated rings. The molecule has 0 aliphatic heterocycles. The largest absolute Gasteiger partial charge is 0.295 e. The lowest BCUT2D eigenvalue weighted by Crippen LogP contribution is -2.23. The van der Waals surface area contributed by atoms with Crippen LogP contribution in [0.3, 0.4) is 0 Å². The minimum absolute atomic E-state index is 0.0205. The molecule has 0 saturated heterocycles. The molecule has 8 heteroatoms. The molecule has 0 bridgehead atoms. The van der Waals surface area contributed by atoms with E-state index in [1.54, 1.807) is 38.1 Å². The Bertz CT molecular complexity index is 1080. The third kappa shape index (κ3) is 3.59. The summed E-state index contributed by atoms with van der Waals surface area (Å²) in [5.41, 5.74) is 4.23. The Morgan fingerprint density at radius 1 is 1.07 bits per heavy atom. The van der Waals surface area contributed by atoms with Crippen molar-refractivity contribution < 1.29 is 4.79 Å². The number of hydrogen-bond donors (Lipinski definition) is 2. The van der Waals surface area contributed by atoms with Crippen LogP contribution in [0, 0.1) is 11.8 Å². The van der Waals surface area contributed by atoms with Gasteiger partial charge >= 0.3 is 0 Å². The average Bonchev–Trinajstić information content (AvgIpc) is 3.00. The molecule has 2 aromatic carbocycles. The van der Waals surface area contributed by atoms with E-state index in [-0.39, 0.29) is 16.8 Å². The van der Waals surface area contributed by atoms with Gasteiger partial charge in [-0.15, -0.1) is 4.91 Å². The molecule has 0 spiro atoms. The molecule has 1 heterocycles. The number of nitroso groups, excluding NO2 is 1. The van der Waals surface area contributed by atoms with Crippen LogP contribution in [0.1, 0.15) is 28.5 Å². The number of H-pyrrole nitrogens is 1. The minimum atomic E-state index is -0.582. The van der Waals surface area contributed by atoms with Gasteiger partial charge in [-0.1, -0.05) is 30.3 Å². The highest BCUT2D eigenvalue weighted by Gasteiger charge is 2.16. The van der Waals surface area contributed by atoms with Gasteiger partial charge in [-0.25, -0.2) is 10.1 Å². The van der Waals surface area contributed by atoms with Gasteiger partial charge in [0.1, 0.15) is 5.69 Å². The van der Waals surface area contributed by atoms with Crippen molar-refractivity contribution in [3.8, 4) is 5.69 Å². The molecule has 27 heavy (non-hydrogen) atoms. The molecule has 0 aliphatic carbocycles. The van der Waals surface area contributed by atoms with E-state index in [1.165, 1.54) is 16.8 Å². The Balaban J connectivity index is 1.89.